The number of benzene rings is 1. The molecule has 0 radical (unpaired) electrons. The summed E-state index contributed by atoms with van der Waals surface area (Å²) in [6.45, 7) is 6.95. The van der Waals surface area contributed by atoms with E-state index in [0.29, 0.717) is 18.3 Å². The van der Waals surface area contributed by atoms with Crippen molar-refractivity contribution in [1.29, 1.82) is 0 Å². The molecule has 0 spiro atoms. The molecule has 1 fully saturated rings. The molecule has 0 atom stereocenters. The Labute approximate surface area is 194 Å². The van der Waals surface area contributed by atoms with Crippen LogP contribution in [0, 0.1) is 12.8 Å². The van der Waals surface area contributed by atoms with Crippen LogP contribution in [-0.2, 0) is 17.8 Å². The minimum Gasteiger partial charge on any atom is -0.356 e. The molecule has 1 aromatic carbocycles. The van der Waals surface area contributed by atoms with Crippen LogP contribution < -0.4 is 10.2 Å². The highest BCUT2D eigenvalue weighted by Gasteiger charge is 2.27. The van der Waals surface area contributed by atoms with Crippen LogP contribution in [0.2, 0.25) is 0 Å². The van der Waals surface area contributed by atoms with Crippen LogP contribution in [-0.4, -0.2) is 58.7 Å². The molecule has 0 aliphatic carbocycles. The van der Waals surface area contributed by atoms with Crippen molar-refractivity contribution >= 4 is 11.7 Å². The quantitative estimate of drug-likeness (QED) is 0.623. The number of carbonyl (C=O) groups is 1. The van der Waals surface area contributed by atoms with E-state index in [1.165, 1.54) is 11.1 Å². The van der Waals surface area contributed by atoms with Gasteiger partial charge in [-0.25, -0.2) is 4.98 Å². The van der Waals surface area contributed by atoms with Gasteiger partial charge in [-0.2, -0.15) is 4.98 Å². The molecule has 1 N–H and O–H groups in total. The molecule has 0 saturated carbocycles. The Bertz CT molecular complexity index is 1110. The molecule has 1 amide bonds. The third kappa shape index (κ3) is 4.90. The number of carbonyl (C=O) groups excluding carboxylic acids is 1. The van der Waals surface area contributed by atoms with Crippen molar-refractivity contribution in [2.24, 2.45) is 5.92 Å². The molecular weight excluding hydrogens is 416 g/mol. The fourth-order valence-corrected chi connectivity index (χ4v) is 4.81. The van der Waals surface area contributed by atoms with Crippen LogP contribution >= 0.6 is 0 Å². The minimum atomic E-state index is 0.0444. The molecular formula is C25H30N6O2. The summed E-state index contributed by atoms with van der Waals surface area (Å²) in [5, 5.41) is 7.22. The van der Waals surface area contributed by atoms with Gasteiger partial charge in [0.2, 0.25) is 17.6 Å². The summed E-state index contributed by atoms with van der Waals surface area (Å²) in [5.74, 6) is 2.15. The van der Waals surface area contributed by atoms with E-state index in [2.05, 4.69) is 54.5 Å². The van der Waals surface area contributed by atoms with E-state index < -0.39 is 0 Å². The van der Waals surface area contributed by atoms with Gasteiger partial charge >= 0.3 is 0 Å². The number of piperidine rings is 1. The van der Waals surface area contributed by atoms with Crippen molar-refractivity contribution in [2.45, 2.75) is 32.7 Å². The second kappa shape index (κ2) is 9.70. The maximum absolute atomic E-state index is 12.8. The van der Waals surface area contributed by atoms with Gasteiger partial charge in [0, 0.05) is 58.3 Å². The lowest BCUT2D eigenvalue weighted by Crippen LogP contribution is -2.43. The van der Waals surface area contributed by atoms with E-state index in [9.17, 15) is 4.79 Å². The number of nitrogens with one attached hydrogen (secondary N) is 1. The summed E-state index contributed by atoms with van der Waals surface area (Å²) in [6.07, 6.45) is 4.49. The number of aryl methyl sites for hydroxylation is 1. The molecule has 33 heavy (non-hydrogen) atoms. The molecule has 0 bridgehead atoms. The Kier molecular flexibility index (Phi) is 6.35. The van der Waals surface area contributed by atoms with E-state index in [1.807, 2.05) is 12.1 Å². The third-order valence-corrected chi connectivity index (χ3v) is 6.66. The second-order valence-electron chi connectivity index (χ2n) is 8.86. The Balaban J connectivity index is 1.11. The van der Waals surface area contributed by atoms with Crippen LogP contribution in [0.15, 0.2) is 47.1 Å². The molecule has 1 saturated heterocycles. The van der Waals surface area contributed by atoms with E-state index in [-0.39, 0.29) is 11.8 Å². The van der Waals surface area contributed by atoms with Crippen LogP contribution in [0.5, 0.6) is 0 Å². The maximum Gasteiger partial charge on any atom is 0.223 e. The van der Waals surface area contributed by atoms with Gasteiger partial charge in [-0.1, -0.05) is 29.4 Å². The van der Waals surface area contributed by atoms with Crippen molar-refractivity contribution in [2.75, 3.05) is 37.6 Å². The first-order valence-electron chi connectivity index (χ1n) is 11.7. The molecule has 172 valence electrons. The number of rotatable bonds is 6. The van der Waals surface area contributed by atoms with Crippen molar-refractivity contribution in [3.05, 3.63) is 59.6 Å². The van der Waals surface area contributed by atoms with Gasteiger partial charge in [0.15, 0.2) is 0 Å². The van der Waals surface area contributed by atoms with E-state index in [1.54, 1.807) is 13.1 Å². The zero-order valence-electron chi connectivity index (χ0n) is 19.0. The Morgan fingerprint density at radius 1 is 1.12 bits per heavy atom. The van der Waals surface area contributed by atoms with Gasteiger partial charge in [0.05, 0.1) is 5.56 Å². The molecule has 4 heterocycles. The predicted octanol–water partition coefficient (Wildman–Crippen LogP) is 2.83. The summed E-state index contributed by atoms with van der Waals surface area (Å²) in [4.78, 5) is 26.3. The Morgan fingerprint density at radius 3 is 2.73 bits per heavy atom. The van der Waals surface area contributed by atoms with Crippen LogP contribution in [0.4, 0.5) is 5.82 Å². The summed E-state index contributed by atoms with van der Waals surface area (Å²) in [6, 6.07) is 12.5. The fourth-order valence-electron chi connectivity index (χ4n) is 4.81. The molecule has 5 rings (SSSR count). The van der Waals surface area contributed by atoms with Gasteiger partial charge in [-0.05, 0) is 42.5 Å². The number of hydrogen-bond donors (Lipinski definition) is 1. The predicted molar refractivity (Wildman–Crippen MR) is 126 cm³/mol. The number of fused-ring (bicyclic) bond motifs is 1. The number of aromatic nitrogens is 3. The van der Waals surface area contributed by atoms with Crippen molar-refractivity contribution in [3.63, 3.8) is 0 Å². The molecule has 0 unspecified atom stereocenters. The average molecular weight is 447 g/mol. The third-order valence-electron chi connectivity index (χ3n) is 6.66. The summed E-state index contributed by atoms with van der Waals surface area (Å²) in [7, 11) is 0. The molecule has 2 aliphatic heterocycles. The van der Waals surface area contributed by atoms with E-state index in [4.69, 9.17) is 4.52 Å². The van der Waals surface area contributed by atoms with Crippen molar-refractivity contribution < 1.29 is 9.32 Å². The lowest BCUT2D eigenvalue weighted by atomic mass is 9.95. The van der Waals surface area contributed by atoms with E-state index >= 15 is 0 Å². The van der Waals surface area contributed by atoms with Gasteiger partial charge in [-0.3, -0.25) is 9.69 Å². The highest BCUT2D eigenvalue weighted by molar-refractivity contribution is 5.79. The number of nitrogens with zero attached hydrogens (tertiary/aromatic N) is 5. The summed E-state index contributed by atoms with van der Waals surface area (Å²) < 4.78 is 5.14. The van der Waals surface area contributed by atoms with Gasteiger partial charge in [0.1, 0.15) is 5.82 Å². The molecule has 2 aromatic heterocycles. The first-order chi connectivity index (χ1) is 16.2. The number of anilines is 1. The van der Waals surface area contributed by atoms with Gasteiger partial charge < -0.3 is 14.7 Å². The highest BCUT2D eigenvalue weighted by Crippen LogP contribution is 2.30. The van der Waals surface area contributed by atoms with Crippen LogP contribution in [0.3, 0.4) is 0 Å². The number of hydrogen-bond acceptors (Lipinski definition) is 7. The lowest BCUT2D eigenvalue weighted by molar-refractivity contribution is -0.125. The monoisotopic (exact) mass is 446 g/mol. The summed E-state index contributed by atoms with van der Waals surface area (Å²) in [5.41, 5.74) is 3.72. The number of amides is 1. The minimum absolute atomic E-state index is 0.0444. The van der Waals surface area contributed by atoms with E-state index in [0.717, 1.165) is 63.4 Å². The zero-order valence-corrected chi connectivity index (χ0v) is 19.0. The average Bonchev–Trinajstić information content (AvgIpc) is 3.30. The molecule has 8 heteroatoms. The largest absolute Gasteiger partial charge is 0.356 e. The Hall–Kier alpha value is -3.26. The molecule has 3 aromatic rings. The SMILES string of the molecule is Cc1nc(-c2cccnc2N2CCC(C(=O)NCCN3CCc4ccccc4C3)CC2)no1. The normalized spacial score (nSPS) is 17.1. The molecule has 8 nitrogen and oxygen atoms in total. The maximum atomic E-state index is 12.8. The topological polar surface area (TPSA) is 87.4 Å². The fraction of sp³-hybridized carbons (Fsp3) is 0.440. The zero-order chi connectivity index (χ0) is 22.6. The second-order valence-corrected chi connectivity index (χ2v) is 8.86. The van der Waals surface area contributed by atoms with Gasteiger partial charge in [0.25, 0.3) is 0 Å². The Morgan fingerprint density at radius 2 is 1.94 bits per heavy atom. The van der Waals surface area contributed by atoms with Crippen molar-refractivity contribution in [3.8, 4) is 11.4 Å². The number of pyridine rings is 1. The standard InChI is InChI=1S/C25H30N6O2/c1-18-28-23(29-33-18)22-7-4-11-26-24(22)31-14-9-20(10-15-31)25(32)27-12-16-30-13-8-19-5-2-3-6-21(19)17-30/h2-7,11,20H,8-10,12-17H2,1H3,(H,27,32). The first-order valence-corrected chi connectivity index (χ1v) is 11.7. The smallest absolute Gasteiger partial charge is 0.223 e. The first kappa shape index (κ1) is 21.6. The molecule has 2 aliphatic rings. The lowest BCUT2D eigenvalue weighted by Gasteiger charge is -2.33. The van der Waals surface area contributed by atoms with Crippen molar-refractivity contribution in [1.82, 2.24) is 25.3 Å². The van der Waals surface area contributed by atoms with Crippen LogP contribution in [0.1, 0.15) is 29.9 Å². The highest BCUT2D eigenvalue weighted by atomic mass is 16.5. The van der Waals surface area contributed by atoms with Crippen LogP contribution in [0.25, 0.3) is 11.4 Å². The summed E-state index contributed by atoms with van der Waals surface area (Å²) >= 11 is 0. The van der Waals surface area contributed by atoms with Gasteiger partial charge in [-0.15, -0.1) is 0 Å².